The number of rotatable bonds is 9. The van der Waals surface area contributed by atoms with Gasteiger partial charge in [-0.25, -0.2) is 9.78 Å². The Kier molecular flexibility index (Phi) is 10.3. The fourth-order valence-electron chi connectivity index (χ4n) is 4.78. The van der Waals surface area contributed by atoms with Crippen molar-refractivity contribution in [2.45, 2.75) is 97.3 Å². The van der Waals surface area contributed by atoms with Gasteiger partial charge in [-0.05, 0) is 36.2 Å². The molecule has 1 aliphatic rings. The molecule has 42 heavy (non-hydrogen) atoms. The van der Waals surface area contributed by atoms with Gasteiger partial charge in [-0.1, -0.05) is 65.8 Å². The van der Waals surface area contributed by atoms with E-state index in [-0.39, 0.29) is 30.7 Å². The van der Waals surface area contributed by atoms with Crippen molar-refractivity contribution in [3.05, 3.63) is 41.0 Å². The molecule has 1 fully saturated rings. The molecule has 1 aromatic carbocycles. The Morgan fingerprint density at radius 2 is 1.79 bits per heavy atom. The molecule has 0 spiro atoms. The highest BCUT2D eigenvalue weighted by Crippen LogP contribution is 2.39. The molecule has 2 heterocycles. The van der Waals surface area contributed by atoms with Crippen LogP contribution in [0.3, 0.4) is 0 Å². The molecule has 1 saturated heterocycles. The van der Waals surface area contributed by atoms with E-state index < -0.39 is 49.8 Å². The fraction of sp³-hybridized carbons (Fsp3) is 0.600. The van der Waals surface area contributed by atoms with Gasteiger partial charge in [0.1, 0.15) is 6.04 Å². The van der Waals surface area contributed by atoms with E-state index in [4.69, 9.17) is 14.9 Å². The average Bonchev–Trinajstić information content (AvgIpc) is 3.50. The van der Waals surface area contributed by atoms with Crippen LogP contribution in [0.4, 0.5) is 4.79 Å². The number of aliphatic hydroxyl groups is 1. The molecule has 3 rings (SSSR count). The Morgan fingerprint density at radius 1 is 1.17 bits per heavy atom. The third-order valence-electron chi connectivity index (χ3n) is 8.18. The number of ether oxygens (including phenoxy) is 1. The number of carbonyl (C=O) groups is 3. The van der Waals surface area contributed by atoms with Crippen LogP contribution in [0.15, 0.2) is 29.8 Å². The van der Waals surface area contributed by atoms with Crippen LogP contribution in [0.25, 0.3) is 10.4 Å². The Bertz CT molecular complexity index is 1270. The second-order valence-electron chi connectivity index (χ2n) is 13.6. The number of aliphatic hydroxyl groups excluding tert-OH is 1. The number of benzene rings is 1. The molecule has 10 nitrogen and oxygen atoms in total. The van der Waals surface area contributed by atoms with E-state index >= 15 is 0 Å². The first-order chi connectivity index (χ1) is 19.4. The monoisotopic (exact) mass is 618 g/mol. The molecule has 0 bridgehead atoms. The highest BCUT2D eigenvalue weighted by Gasteiger charge is 2.49. The lowest BCUT2D eigenvalue weighted by molar-refractivity contribution is -0.150. The Labute approximate surface area is 254 Å². The molecule has 0 radical (unpaired) electrons. The van der Waals surface area contributed by atoms with Crippen molar-refractivity contribution < 1.29 is 28.7 Å². The number of primary amides is 1. The van der Waals surface area contributed by atoms with E-state index in [9.17, 15) is 19.5 Å². The van der Waals surface area contributed by atoms with Gasteiger partial charge in [0, 0.05) is 18.4 Å². The van der Waals surface area contributed by atoms with Gasteiger partial charge in [0.2, 0.25) is 5.91 Å². The standard InChI is InChI=1S/C30H46N4O6SSi/c1-18-24(41-17-32-18)20-12-10-19(11-13-20)22(16-35)33-26(36)23-14-21(40-42(8,9)30(5,6)7)15-34(23)27(37)25(29(2,3)4)39-28(31)38/h10-13,17,21-23,25,35H,14-16H2,1-9H3,(H2,31,38)(H,33,36)/t21-,22+,23+,25-/m1/s1. The predicted octanol–water partition coefficient (Wildman–Crippen LogP) is 4.77. The van der Waals surface area contributed by atoms with E-state index in [2.05, 4.69) is 44.2 Å². The largest absolute Gasteiger partial charge is 0.436 e. The quantitative estimate of drug-likeness (QED) is 0.344. The number of amides is 3. The topological polar surface area (TPSA) is 144 Å². The van der Waals surface area contributed by atoms with Gasteiger partial charge in [-0.2, -0.15) is 0 Å². The van der Waals surface area contributed by atoms with E-state index in [1.54, 1.807) is 37.6 Å². The number of thiazole rings is 1. The lowest BCUT2D eigenvalue weighted by Gasteiger charge is -2.38. The Balaban J connectivity index is 1.88. The summed E-state index contributed by atoms with van der Waals surface area (Å²) in [4.78, 5) is 46.2. The third kappa shape index (κ3) is 7.77. The Hall–Kier alpha value is -2.80. The van der Waals surface area contributed by atoms with Crippen molar-refractivity contribution in [2.75, 3.05) is 13.2 Å². The molecule has 4 atom stereocenters. The van der Waals surface area contributed by atoms with Crippen LogP contribution >= 0.6 is 11.3 Å². The number of nitrogens with one attached hydrogen (secondary N) is 1. The summed E-state index contributed by atoms with van der Waals surface area (Å²) in [7, 11) is -2.23. The summed E-state index contributed by atoms with van der Waals surface area (Å²) in [5.74, 6) is -0.926. The minimum atomic E-state index is -2.23. The van der Waals surface area contributed by atoms with Crippen molar-refractivity contribution in [1.82, 2.24) is 15.2 Å². The molecule has 0 unspecified atom stereocenters. The minimum Gasteiger partial charge on any atom is -0.436 e. The summed E-state index contributed by atoms with van der Waals surface area (Å²) in [6.07, 6.45) is -2.35. The Morgan fingerprint density at radius 3 is 2.26 bits per heavy atom. The number of aryl methyl sites for hydroxylation is 1. The first-order valence-corrected chi connectivity index (χ1v) is 18.0. The molecule has 2 aromatic rings. The van der Waals surface area contributed by atoms with E-state index in [1.807, 2.05) is 31.2 Å². The summed E-state index contributed by atoms with van der Waals surface area (Å²) in [5, 5.41) is 13.1. The van der Waals surface area contributed by atoms with Crippen molar-refractivity contribution >= 4 is 37.6 Å². The van der Waals surface area contributed by atoms with E-state index in [1.165, 1.54) is 4.90 Å². The van der Waals surface area contributed by atoms with Crippen molar-refractivity contribution in [1.29, 1.82) is 0 Å². The molecule has 0 aliphatic carbocycles. The summed E-state index contributed by atoms with van der Waals surface area (Å²) >= 11 is 1.55. The van der Waals surface area contributed by atoms with Crippen LogP contribution in [0.2, 0.25) is 18.1 Å². The number of nitrogens with zero attached hydrogens (tertiary/aromatic N) is 2. The zero-order valence-electron chi connectivity index (χ0n) is 26.2. The van der Waals surface area contributed by atoms with Gasteiger partial charge in [0.25, 0.3) is 5.91 Å². The van der Waals surface area contributed by atoms with Crippen LogP contribution in [0.5, 0.6) is 0 Å². The summed E-state index contributed by atoms with van der Waals surface area (Å²) < 4.78 is 11.9. The van der Waals surface area contributed by atoms with Gasteiger partial charge in [-0.3, -0.25) is 9.59 Å². The van der Waals surface area contributed by atoms with Crippen molar-refractivity contribution in [3.63, 3.8) is 0 Å². The van der Waals surface area contributed by atoms with E-state index in [0.717, 1.165) is 21.7 Å². The van der Waals surface area contributed by atoms with E-state index in [0.29, 0.717) is 0 Å². The number of hydrogen-bond acceptors (Lipinski definition) is 8. The van der Waals surface area contributed by atoms with Crippen molar-refractivity contribution in [2.24, 2.45) is 11.1 Å². The predicted molar refractivity (Wildman–Crippen MR) is 166 cm³/mol. The number of likely N-dealkylation sites (tertiary alicyclic amines) is 1. The number of carbonyl (C=O) groups excluding carboxylic acids is 3. The lowest BCUT2D eigenvalue weighted by Crippen LogP contribution is -2.54. The second kappa shape index (κ2) is 12.8. The molecule has 232 valence electrons. The zero-order chi connectivity index (χ0) is 31.6. The molecule has 12 heteroatoms. The molecule has 0 saturated carbocycles. The van der Waals surface area contributed by atoms with Gasteiger partial charge < -0.3 is 30.2 Å². The SMILES string of the molecule is Cc1ncsc1-c1ccc([C@H](CO)NC(=O)[C@@H]2C[C@@H](O[Si](C)(C)C(C)(C)C)CN2C(=O)[C@@H](OC(N)=O)C(C)(C)C)cc1. The first-order valence-electron chi connectivity index (χ1n) is 14.2. The fourth-order valence-corrected chi connectivity index (χ4v) is 6.95. The molecule has 3 amide bonds. The summed E-state index contributed by atoms with van der Waals surface area (Å²) in [5.41, 5.74) is 9.02. The minimum absolute atomic E-state index is 0.0724. The van der Waals surface area contributed by atoms with Gasteiger partial charge >= 0.3 is 6.09 Å². The zero-order valence-corrected chi connectivity index (χ0v) is 28.0. The summed E-state index contributed by atoms with van der Waals surface area (Å²) in [6, 6.07) is 6.04. The number of nitrogens with two attached hydrogens (primary N) is 1. The maximum atomic E-state index is 13.9. The van der Waals surface area contributed by atoms with Gasteiger partial charge in [-0.15, -0.1) is 11.3 Å². The van der Waals surface area contributed by atoms with Crippen molar-refractivity contribution in [3.8, 4) is 10.4 Å². The molecule has 1 aliphatic heterocycles. The maximum Gasteiger partial charge on any atom is 0.405 e. The average molecular weight is 619 g/mol. The smallest absolute Gasteiger partial charge is 0.405 e. The maximum absolute atomic E-state index is 13.9. The molecular formula is C30H46N4O6SSi. The normalized spacial score (nSPS) is 19.3. The first kappa shape index (κ1) is 33.7. The molecular weight excluding hydrogens is 573 g/mol. The highest BCUT2D eigenvalue weighted by molar-refractivity contribution is 7.13. The number of aromatic nitrogens is 1. The van der Waals surface area contributed by atoms with Crippen LogP contribution in [0, 0.1) is 12.3 Å². The van der Waals surface area contributed by atoms with Crippen LogP contribution in [0.1, 0.15) is 65.3 Å². The van der Waals surface area contributed by atoms with Gasteiger partial charge in [0.05, 0.1) is 34.8 Å². The number of hydrogen-bond donors (Lipinski definition) is 3. The van der Waals surface area contributed by atoms with Crippen LogP contribution in [-0.2, 0) is 18.8 Å². The summed E-state index contributed by atoms with van der Waals surface area (Å²) in [6.45, 7) is 17.7. The van der Waals surface area contributed by atoms with Crippen LogP contribution < -0.4 is 11.1 Å². The highest BCUT2D eigenvalue weighted by atomic mass is 32.1. The van der Waals surface area contributed by atoms with Crippen LogP contribution in [-0.4, -0.2) is 72.6 Å². The van der Waals surface area contributed by atoms with Gasteiger partial charge in [0.15, 0.2) is 14.4 Å². The third-order valence-corrected chi connectivity index (χ3v) is 13.7. The molecule has 1 aromatic heterocycles. The lowest BCUT2D eigenvalue weighted by atomic mass is 9.88. The molecule has 4 N–H and O–H groups in total. The second-order valence-corrected chi connectivity index (χ2v) is 19.2.